The standard InChI is InChI=1S/C10H15N/c1-2-5-9(4-1)10-6-3-7-11-8-10/h6,8-9H,1-5,7H2. The third kappa shape index (κ3) is 1.52. The van der Waals surface area contributed by atoms with Crippen LogP contribution in [-0.4, -0.2) is 12.8 Å². The van der Waals surface area contributed by atoms with Crippen molar-refractivity contribution in [2.75, 3.05) is 6.54 Å². The Hall–Kier alpha value is -0.590. The van der Waals surface area contributed by atoms with E-state index in [-0.39, 0.29) is 0 Å². The molecular formula is C10H15N. The van der Waals surface area contributed by atoms with Gasteiger partial charge < -0.3 is 0 Å². The highest BCUT2D eigenvalue weighted by atomic mass is 14.7. The summed E-state index contributed by atoms with van der Waals surface area (Å²) < 4.78 is 0. The molecule has 1 heteroatoms. The van der Waals surface area contributed by atoms with E-state index in [4.69, 9.17) is 0 Å². The third-order valence-electron chi connectivity index (χ3n) is 2.71. The van der Waals surface area contributed by atoms with E-state index < -0.39 is 0 Å². The lowest BCUT2D eigenvalue weighted by molar-refractivity contribution is 0.660. The minimum absolute atomic E-state index is 0.860. The van der Waals surface area contributed by atoms with Crippen molar-refractivity contribution in [3.8, 4) is 0 Å². The van der Waals surface area contributed by atoms with E-state index in [9.17, 15) is 0 Å². The maximum Gasteiger partial charge on any atom is 0.0424 e. The predicted octanol–water partition coefficient (Wildman–Crippen LogP) is 2.58. The van der Waals surface area contributed by atoms with Crippen molar-refractivity contribution in [1.82, 2.24) is 0 Å². The maximum atomic E-state index is 4.31. The molecule has 0 N–H and O–H groups in total. The van der Waals surface area contributed by atoms with Gasteiger partial charge in [0, 0.05) is 12.8 Å². The van der Waals surface area contributed by atoms with Crippen LogP contribution in [-0.2, 0) is 0 Å². The Kier molecular flexibility index (Phi) is 2.06. The van der Waals surface area contributed by atoms with Gasteiger partial charge in [-0.2, -0.15) is 0 Å². The van der Waals surface area contributed by atoms with Crippen LogP contribution < -0.4 is 0 Å². The average Bonchev–Trinajstić information content (AvgIpc) is 2.58. The van der Waals surface area contributed by atoms with Crippen LogP contribution in [0.5, 0.6) is 0 Å². The van der Waals surface area contributed by atoms with E-state index in [1.165, 1.54) is 37.7 Å². The lowest BCUT2D eigenvalue weighted by atomic mass is 9.96. The summed E-state index contributed by atoms with van der Waals surface area (Å²) in [7, 11) is 0. The molecule has 11 heavy (non-hydrogen) atoms. The fraction of sp³-hybridized carbons (Fsp3) is 0.700. The molecular weight excluding hydrogens is 134 g/mol. The zero-order chi connectivity index (χ0) is 7.52. The van der Waals surface area contributed by atoms with Crippen LogP contribution in [0.3, 0.4) is 0 Å². The molecule has 0 spiro atoms. The van der Waals surface area contributed by atoms with Crippen LogP contribution in [0.15, 0.2) is 16.6 Å². The molecule has 0 unspecified atom stereocenters. The third-order valence-corrected chi connectivity index (χ3v) is 2.71. The number of nitrogens with zero attached hydrogens (tertiary/aromatic N) is 1. The van der Waals surface area contributed by atoms with E-state index in [1.54, 1.807) is 0 Å². The maximum absolute atomic E-state index is 4.31. The van der Waals surface area contributed by atoms with Crippen molar-refractivity contribution < 1.29 is 0 Å². The first kappa shape index (κ1) is 7.08. The largest absolute Gasteiger partial charge is 0.293 e. The Morgan fingerprint density at radius 1 is 1.27 bits per heavy atom. The summed E-state index contributed by atoms with van der Waals surface area (Å²) in [6.45, 7) is 1.01. The lowest BCUT2D eigenvalue weighted by Crippen LogP contribution is -2.03. The Bertz CT molecular complexity index is 185. The van der Waals surface area contributed by atoms with Crippen LogP contribution >= 0.6 is 0 Å². The van der Waals surface area contributed by atoms with Crippen LogP contribution in [0.25, 0.3) is 0 Å². The second-order valence-corrected chi connectivity index (χ2v) is 3.51. The Morgan fingerprint density at radius 2 is 2.09 bits per heavy atom. The molecule has 0 aromatic rings. The highest BCUT2D eigenvalue weighted by Crippen LogP contribution is 2.30. The van der Waals surface area contributed by atoms with Crippen LogP contribution in [0.2, 0.25) is 0 Å². The molecule has 1 aliphatic carbocycles. The smallest absolute Gasteiger partial charge is 0.0424 e. The van der Waals surface area contributed by atoms with Gasteiger partial charge in [0.25, 0.3) is 0 Å². The molecule has 0 atom stereocenters. The van der Waals surface area contributed by atoms with Crippen LogP contribution in [0, 0.1) is 5.92 Å². The summed E-state index contributed by atoms with van der Waals surface area (Å²) in [6.07, 6.45) is 11.3. The second kappa shape index (κ2) is 3.21. The topological polar surface area (TPSA) is 12.4 Å². The number of allylic oxidation sites excluding steroid dienone is 1. The molecule has 0 bridgehead atoms. The zero-order valence-corrected chi connectivity index (χ0v) is 6.92. The van der Waals surface area contributed by atoms with Crippen LogP contribution in [0.4, 0.5) is 0 Å². The van der Waals surface area contributed by atoms with Crippen molar-refractivity contribution in [3.05, 3.63) is 11.6 Å². The summed E-state index contributed by atoms with van der Waals surface area (Å²) >= 11 is 0. The normalized spacial score (nSPS) is 25.6. The van der Waals surface area contributed by atoms with Gasteiger partial charge in [0.15, 0.2) is 0 Å². The minimum Gasteiger partial charge on any atom is -0.293 e. The summed E-state index contributed by atoms with van der Waals surface area (Å²) in [4.78, 5) is 4.31. The highest BCUT2D eigenvalue weighted by Gasteiger charge is 2.18. The van der Waals surface area contributed by atoms with Gasteiger partial charge in [-0.1, -0.05) is 18.9 Å². The van der Waals surface area contributed by atoms with Crippen molar-refractivity contribution in [2.24, 2.45) is 10.9 Å². The molecule has 2 rings (SSSR count). The van der Waals surface area contributed by atoms with E-state index in [2.05, 4.69) is 17.3 Å². The monoisotopic (exact) mass is 149 g/mol. The van der Waals surface area contributed by atoms with E-state index in [0.717, 1.165) is 12.5 Å². The molecule has 0 aromatic heterocycles. The number of rotatable bonds is 1. The number of hydrogen-bond acceptors (Lipinski definition) is 1. The predicted molar refractivity (Wildman–Crippen MR) is 48.0 cm³/mol. The quantitative estimate of drug-likeness (QED) is 0.543. The summed E-state index contributed by atoms with van der Waals surface area (Å²) in [5.74, 6) is 0.860. The first-order chi connectivity index (χ1) is 5.47. The van der Waals surface area contributed by atoms with Gasteiger partial charge in [-0.05, 0) is 30.8 Å². The summed E-state index contributed by atoms with van der Waals surface area (Å²) in [5, 5.41) is 0. The van der Waals surface area contributed by atoms with Crippen LogP contribution in [0.1, 0.15) is 32.1 Å². The second-order valence-electron chi connectivity index (χ2n) is 3.51. The molecule has 2 aliphatic rings. The van der Waals surface area contributed by atoms with Crippen molar-refractivity contribution >= 4 is 6.21 Å². The van der Waals surface area contributed by atoms with Gasteiger partial charge in [-0.15, -0.1) is 0 Å². The Balaban J connectivity index is 2.02. The molecule has 60 valence electrons. The fourth-order valence-corrected chi connectivity index (χ4v) is 2.06. The highest BCUT2D eigenvalue weighted by molar-refractivity contribution is 5.80. The van der Waals surface area contributed by atoms with Gasteiger partial charge in [0.1, 0.15) is 0 Å². The molecule has 1 fully saturated rings. The molecule has 1 aliphatic heterocycles. The van der Waals surface area contributed by atoms with Gasteiger partial charge in [0.2, 0.25) is 0 Å². The lowest BCUT2D eigenvalue weighted by Gasteiger charge is -2.12. The molecule has 0 aromatic carbocycles. The number of dihydropyridines is 1. The van der Waals surface area contributed by atoms with Crippen molar-refractivity contribution in [2.45, 2.75) is 32.1 Å². The van der Waals surface area contributed by atoms with Gasteiger partial charge in [-0.3, -0.25) is 4.99 Å². The van der Waals surface area contributed by atoms with Crippen molar-refractivity contribution in [3.63, 3.8) is 0 Å². The van der Waals surface area contributed by atoms with E-state index in [0.29, 0.717) is 0 Å². The first-order valence-electron chi connectivity index (χ1n) is 4.67. The average molecular weight is 149 g/mol. The van der Waals surface area contributed by atoms with Gasteiger partial charge in [-0.25, -0.2) is 0 Å². The Labute approximate surface area is 68.2 Å². The molecule has 0 amide bonds. The molecule has 1 saturated carbocycles. The number of aliphatic imine (C=N–C) groups is 1. The van der Waals surface area contributed by atoms with Gasteiger partial charge >= 0.3 is 0 Å². The zero-order valence-electron chi connectivity index (χ0n) is 6.92. The molecule has 0 radical (unpaired) electrons. The fourth-order valence-electron chi connectivity index (χ4n) is 2.06. The van der Waals surface area contributed by atoms with E-state index >= 15 is 0 Å². The molecule has 1 nitrogen and oxygen atoms in total. The molecule has 1 heterocycles. The summed E-state index contributed by atoms with van der Waals surface area (Å²) in [6, 6.07) is 0. The number of hydrogen-bond donors (Lipinski definition) is 0. The minimum atomic E-state index is 0.860. The van der Waals surface area contributed by atoms with Gasteiger partial charge in [0.05, 0.1) is 0 Å². The van der Waals surface area contributed by atoms with E-state index in [1.807, 2.05) is 0 Å². The first-order valence-corrected chi connectivity index (χ1v) is 4.67. The summed E-state index contributed by atoms with van der Waals surface area (Å²) in [5.41, 5.74) is 1.52. The van der Waals surface area contributed by atoms with Crippen molar-refractivity contribution in [1.29, 1.82) is 0 Å². The Morgan fingerprint density at radius 3 is 2.73 bits per heavy atom. The molecule has 0 saturated heterocycles. The SMILES string of the molecule is C1=NCCC=C1C1CCCC1.